The van der Waals surface area contributed by atoms with Crippen LogP contribution < -0.4 is 0 Å². The lowest BCUT2D eigenvalue weighted by atomic mass is 10.2. The number of carboxylic acid groups (broad SMARTS) is 1. The molecule has 0 unspecified atom stereocenters. The molecule has 1 aromatic carbocycles. The van der Waals surface area contributed by atoms with E-state index < -0.39 is 38.1 Å². The van der Waals surface area contributed by atoms with E-state index in [4.69, 9.17) is 39.9 Å². The van der Waals surface area contributed by atoms with Crippen molar-refractivity contribution in [3.63, 3.8) is 0 Å². The number of aromatic hydroxyl groups is 2. The van der Waals surface area contributed by atoms with E-state index in [9.17, 15) is 15.0 Å². The molecule has 0 radical (unpaired) electrons. The van der Waals surface area contributed by atoms with Gasteiger partial charge in [-0.3, -0.25) is 0 Å². The van der Waals surface area contributed by atoms with Crippen molar-refractivity contribution in [1.29, 1.82) is 0 Å². The molecular weight excluding hydrogens is 254 g/mol. The number of hydrogen-bond acceptors (Lipinski definition) is 3. The fraction of sp³-hybridized carbons (Fsp3) is 0. The minimum Gasteiger partial charge on any atom is -0.505 e. The average Bonchev–Trinajstić information content (AvgIpc) is 2.11. The first-order chi connectivity index (χ1) is 6.37. The highest BCUT2D eigenvalue weighted by atomic mass is 35.5. The maximum Gasteiger partial charge on any atom is 0.339 e. The Morgan fingerprint density at radius 3 is 1.57 bits per heavy atom. The van der Waals surface area contributed by atoms with Gasteiger partial charge in [0.2, 0.25) is 0 Å². The first-order valence-corrected chi connectivity index (χ1v) is 4.33. The summed E-state index contributed by atoms with van der Waals surface area (Å²) < 4.78 is 0. The van der Waals surface area contributed by atoms with Crippen LogP contribution in [0.2, 0.25) is 15.1 Å². The Balaban J connectivity index is 3.68. The smallest absolute Gasteiger partial charge is 0.339 e. The second-order valence-corrected chi connectivity index (χ2v) is 3.45. The molecular formula is C7H3Cl3O4. The molecule has 4 nitrogen and oxygen atoms in total. The van der Waals surface area contributed by atoms with Gasteiger partial charge in [-0.1, -0.05) is 34.8 Å². The van der Waals surface area contributed by atoms with Crippen LogP contribution in [0, 0.1) is 0 Å². The lowest BCUT2D eigenvalue weighted by Crippen LogP contribution is -1.99. The van der Waals surface area contributed by atoms with Crippen molar-refractivity contribution >= 4 is 40.8 Å². The second kappa shape index (κ2) is 3.73. The van der Waals surface area contributed by atoms with Gasteiger partial charge in [0.05, 0.1) is 0 Å². The summed E-state index contributed by atoms with van der Waals surface area (Å²) in [6.07, 6.45) is 0. The van der Waals surface area contributed by atoms with Gasteiger partial charge in [0.25, 0.3) is 0 Å². The summed E-state index contributed by atoms with van der Waals surface area (Å²) in [6, 6.07) is 0. The van der Waals surface area contributed by atoms with Crippen molar-refractivity contribution in [2.75, 3.05) is 0 Å². The summed E-state index contributed by atoms with van der Waals surface area (Å²) in [6.45, 7) is 0. The fourth-order valence-electron chi connectivity index (χ4n) is 0.826. The molecule has 0 fully saturated rings. The van der Waals surface area contributed by atoms with E-state index >= 15 is 0 Å². The highest BCUT2D eigenvalue weighted by Crippen LogP contribution is 2.46. The Morgan fingerprint density at radius 2 is 1.29 bits per heavy atom. The quantitative estimate of drug-likeness (QED) is 0.723. The summed E-state index contributed by atoms with van der Waals surface area (Å²) >= 11 is 16.3. The summed E-state index contributed by atoms with van der Waals surface area (Å²) in [5.41, 5.74) is -0.590. The van der Waals surface area contributed by atoms with E-state index in [1.54, 1.807) is 0 Å². The van der Waals surface area contributed by atoms with Crippen LogP contribution in [0.15, 0.2) is 0 Å². The minimum atomic E-state index is -1.47. The predicted octanol–water partition coefficient (Wildman–Crippen LogP) is 2.76. The molecule has 7 heteroatoms. The van der Waals surface area contributed by atoms with Crippen LogP contribution in [0.5, 0.6) is 11.5 Å². The SMILES string of the molecule is O=C(O)c1c(Cl)c(O)c(Cl)c(O)c1Cl. The predicted molar refractivity (Wildman–Crippen MR) is 51.8 cm³/mol. The van der Waals surface area contributed by atoms with Crippen LogP contribution in [-0.4, -0.2) is 21.3 Å². The number of hydrogen-bond donors (Lipinski definition) is 3. The highest BCUT2D eigenvalue weighted by Gasteiger charge is 2.24. The van der Waals surface area contributed by atoms with Gasteiger partial charge in [-0.25, -0.2) is 4.79 Å². The molecule has 1 rings (SSSR count). The number of carboxylic acids is 1. The van der Waals surface area contributed by atoms with Crippen LogP contribution in [0.1, 0.15) is 10.4 Å². The molecule has 0 bridgehead atoms. The monoisotopic (exact) mass is 256 g/mol. The molecule has 0 spiro atoms. The molecule has 0 aliphatic rings. The number of carbonyl (C=O) groups is 1. The molecule has 0 amide bonds. The van der Waals surface area contributed by atoms with Crippen LogP contribution in [0.25, 0.3) is 0 Å². The van der Waals surface area contributed by atoms with Gasteiger partial charge < -0.3 is 15.3 Å². The Labute approximate surface area is 93.3 Å². The van der Waals surface area contributed by atoms with E-state index in [-0.39, 0.29) is 0 Å². The summed E-state index contributed by atoms with van der Waals surface area (Å²) in [4.78, 5) is 10.6. The Kier molecular flexibility index (Phi) is 2.99. The summed E-state index contributed by atoms with van der Waals surface area (Å²) in [7, 11) is 0. The van der Waals surface area contributed by atoms with Crippen molar-refractivity contribution in [1.82, 2.24) is 0 Å². The molecule has 0 aliphatic heterocycles. The van der Waals surface area contributed by atoms with Gasteiger partial charge in [0.15, 0.2) is 11.5 Å². The Hall–Kier alpha value is -0.840. The summed E-state index contributed by atoms with van der Waals surface area (Å²) in [5.74, 6) is -2.90. The third-order valence-corrected chi connectivity index (χ3v) is 2.58. The summed E-state index contributed by atoms with van der Waals surface area (Å²) in [5, 5.41) is 25.5. The topological polar surface area (TPSA) is 77.8 Å². The first kappa shape index (κ1) is 11.2. The molecule has 1 aromatic rings. The fourth-order valence-corrected chi connectivity index (χ4v) is 1.70. The first-order valence-electron chi connectivity index (χ1n) is 3.19. The van der Waals surface area contributed by atoms with Crippen molar-refractivity contribution in [3.8, 4) is 11.5 Å². The molecule has 76 valence electrons. The number of phenols is 2. The van der Waals surface area contributed by atoms with E-state index in [0.717, 1.165) is 0 Å². The Morgan fingerprint density at radius 1 is 0.929 bits per heavy atom. The number of phenolic OH excluding ortho intramolecular Hbond substituents is 2. The van der Waals surface area contributed by atoms with E-state index in [2.05, 4.69) is 0 Å². The third-order valence-electron chi connectivity index (χ3n) is 1.48. The average molecular weight is 257 g/mol. The van der Waals surface area contributed by atoms with Crippen LogP contribution in [-0.2, 0) is 0 Å². The zero-order valence-corrected chi connectivity index (χ0v) is 8.65. The second-order valence-electron chi connectivity index (χ2n) is 2.32. The van der Waals surface area contributed by atoms with E-state index in [1.807, 2.05) is 0 Å². The van der Waals surface area contributed by atoms with Crippen molar-refractivity contribution < 1.29 is 20.1 Å². The molecule has 0 heterocycles. The van der Waals surface area contributed by atoms with Crippen LogP contribution >= 0.6 is 34.8 Å². The van der Waals surface area contributed by atoms with Crippen LogP contribution in [0.4, 0.5) is 0 Å². The van der Waals surface area contributed by atoms with Gasteiger partial charge in [-0.05, 0) is 0 Å². The maximum absolute atomic E-state index is 10.6. The minimum absolute atomic E-state index is 0.481. The molecule has 0 saturated heterocycles. The lowest BCUT2D eigenvalue weighted by Gasteiger charge is -2.08. The molecule has 0 aliphatic carbocycles. The maximum atomic E-state index is 10.6. The number of halogens is 3. The molecule has 0 atom stereocenters. The van der Waals surface area contributed by atoms with Gasteiger partial charge in [-0.15, -0.1) is 0 Å². The number of aromatic carboxylic acids is 1. The highest BCUT2D eigenvalue weighted by molar-refractivity contribution is 6.45. The number of benzene rings is 1. The molecule has 3 N–H and O–H groups in total. The van der Waals surface area contributed by atoms with E-state index in [1.165, 1.54) is 0 Å². The third kappa shape index (κ3) is 1.56. The van der Waals surface area contributed by atoms with Crippen molar-refractivity contribution in [2.24, 2.45) is 0 Å². The van der Waals surface area contributed by atoms with Gasteiger partial charge in [0.1, 0.15) is 20.6 Å². The van der Waals surface area contributed by atoms with Crippen LogP contribution in [0.3, 0.4) is 0 Å². The standard InChI is InChI=1S/C7H3Cl3O4/c8-2-1(7(13)14)3(9)6(12)4(10)5(2)11/h11-12H,(H,13,14). The Bertz CT molecular complexity index is 387. The zero-order valence-electron chi connectivity index (χ0n) is 6.38. The zero-order chi connectivity index (χ0) is 11.0. The van der Waals surface area contributed by atoms with Gasteiger partial charge >= 0.3 is 5.97 Å². The van der Waals surface area contributed by atoms with Crippen molar-refractivity contribution in [2.45, 2.75) is 0 Å². The molecule has 14 heavy (non-hydrogen) atoms. The van der Waals surface area contributed by atoms with E-state index in [0.29, 0.717) is 0 Å². The molecule has 0 aromatic heterocycles. The van der Waals surface area contributed by atoms with Gasteiger partial charge in [0, 0.05) is 0 Å². The lowest BCUT2D eigenvalue weighted by molar-refractivity contribution is 0.0696. The van der Waals surface area contributed by atoms with Crippen molar-refractivity contribution in [3.05, 3.63) is 20.6 Å². The normalized spacial score (nSPS) is 10.2. The number of rotatable bonds is 1. The van der Waals surface area contributed by atoms with Gasteiger partial charge in [-0.2, -0.15) is 0 Å². The largest absolute Gasteiger partial charge is 0.505 e. The molecule has 0 saturated carbocycles.